The molecular weight excluding hydrogens is 304 g/mol. The Morgan fingerprint density at radius 3 is 2.88 bits per heavy atom. The van der Waals surface area contributed by atoms with Crippen LogP contribution in [0.3, 0.4) is 0 Å². The summed E-state index contributed by atoms with van der Waals surface area (Å²) in [7, 11) is 0. The number of hydrogen-bond acceptors (Lipinski definition) is 5. The molecule has 1 aliphatic heterocycles. The summed E-state index contributed by atoms with van der Waals surface area (Å²) in [5.74, 6) is 0.830. The molecule has 128 valence electrons. The van der Waals surface area contributed by atoms with Crippen molar-refractivity contribution in [1.82, 2.24) is 20.4 Å². The molecule has 1 unspecified atom stereocenters. The molecule has 0 bridgehead atoms. The first-order chi connectivity index (χ1) is 11.5. The summed E-state index contributed by atoms with van der Waals surface area (Å²) in [6.45, 7) is 8.52. The number of rotatable bonds is 4. The molecule has 1 N–H and O–H groups in total. The van der Waals surface area contributed by atoms with E-state index in [4.69, 9.17) is 4.52 Å². The van der Waals surface area contributed by atoms with Crippen LogP contribution in [0.5, 0.6) is 0 Å². The fourth-order valence-corrected chi connectivity index (χ4v) is 3.14. The normalized spacial score (nSPS) is 18.5. The van der Waals surface area contributed by atoms with Gasteiger partial charge in [0.05, 0.1) is 11.3 Å². The first kappa shape index (κ1) is 16.6. The van der Waals surface area contributed by atoms with Gasteiger partial charge >= 0.3 is 0 Å². The fraction of sp³-hybridized carbons (Fsp3) is 0.500. The predicted octanol–water partition coefficient (Wildman–Crippen LogP) is 2.39. The lowest BCUT2D eigenvalue weighted by Gasteiger charge is -2.33. The van der Waals surface area contributed by atoms with Gasteiger partial charge in [0, 0.05) is 36.6 Å². The number of aryl methyl sites for hydroxylation is 3. The molecule has 3 heterocycles. The molecule has 6 nitrogen and oxygen atoms in total. The van der Waals surface area contributed by atoms with Crippen LogP contribution >= 0.6 is 0 Å². The van der Waals surface area contributed by atoms with Crippen molar-refractivity contribution >= 4 is 5.91 Å². The lowest BCUT2D eigenvalue weighted by molar-refractivity contribution is 0.0900. The minimum atomic E-state index is -0.0494. The summed E-state index contributed by atoms with van der Waals surface area (Å²) in [5, 5.41) is 7.15. The standard InChI is InChI=1S/C18H24N4O2/c1-12-6-7-15(9-19-12)18(23)20-16-5-4-8-22(10-16)11-17-13(2)21-24-14(17)3/h6-7,9,16H,4-5,8,10-11H2,1-3H3,(H,20,23). The van der Waals surface area contributed by atoms with Gasteiger partial charge in [-0.25, -0.2) is 0 Å². The first-order valence-corrected chi connectivity index (χ1v) is 8.40. The maximum atomic E-state index is 12.4. The minimum absolute atomic E-state index is 0.0494. The zero-order valence-electron chi connectivity index (χ0n) is 14.5. The molecule has 1 saturated heterocycles. The number of piperidine rings is 1. The molecule has 2 aromatic rings. The summed E-state index contributed by atoms with van der Waals surface area (Å²) in [5.41, 5.74) is 3.63. The number of amides is 1. The van der Waals surface area contributed by atoms with Crippen LogP contribution in [0.15, 0.2) is 22.9 Å². The van der Waals surface area contributed by atoms with Crippen LogP contribution in [-0.4, -0.2) is 40.1 Å². The van der Waals surface area contributed by atoms with Crippen molar-refractivity contribution in [2.24, 2.45) is 0 Å². The molecule has 0 aromatic carbocycles. The maximum Gasteiger partial charge on any atom is 0.253 e. The van der Waals surface area contributed by atoms with Gasteiger partial charge in [0.1, 0.15) is 5.76 Å². The zero-order valence-corrected chi connectivity index (χ0v) is 14.5. The molecule has 6 heteroatoms. The molecule has 0 spiro atoms. The highest BCUT2D eigenvalue weighted by Gasteiger charge is 2.23. The largest absolute Gasteiger partial charge is 0.361 e. The fourth-order valence-electron chi connectivity index (χ4n) is 3.14. The van der Waals surface area contributed by atoms with Crippen molar-refractivity contribution in [2.75, 3.05) is 13.1 Å². The van der Waals surface area contributed by atoms with Crippen molar-refractivity contribution in [1.29, 1.82) is 0 Å². The number of aromatic nitrogens is 2. The Morgan fingerprint density at radius 1 is 1.38 bits per heavy atom. The Bertz CT molecular complexity index is 689. The van der Waals surface area contributed by atoms with Crippen LogP contribution in [0.2, 0.25) is 0 Å². The van der Waals surface area contributed by atoms with Crippen LogP contribution in [0.4, 0.5) is 0 Å². The van der Waals surface area contributed by atoms with E-state index in [0.29, 0.717) is 5.56 Å². The highest BCUT2D eigenvalue weighted by atomic mass is 16.5. The second-order valence-electron chi connectivity index (χ2n) is 6.54. The van der Waals surface area contributed by atoms with Gasteiger partial charge in [0.15, 0.2) is 0 Å². The van der Waals surface area contributed by atoms with Gasteiger partial charge in [-0.1, -0.05) is 5.16 Å². The lowest BCUT2D eigenvalue weighted by Crippen LogP contribution is -2.47. The Hall–Kier alpha value is -2.21. The second-order valence-corrected chi connectivity index (χ2v) is 6.54. The average molecular weight is 328 g/mol. The summed E-state index contributed by atoms with van der Waals surface area (Å²) >= 11 is 0. The van der Waals surface area contributed by atoms with Gasteiger partial charge in [0.2, 0.25) is 0 Å². The molecule has 0 aliphatic carbocycles. The molecular formula is C18H24N4O2. The summed E-state index contributed by atoms with van der Waals surface area (Å²) in [6, 6.07) is 3.84. The molecule has 1 fully saturated rings. The topological polar surface area (TPSA) is 71.3 Å². The van der Waals surface area contributed by atoms with Gasteiger partial charge in [0.25, 0.3) is 5.91 Å². The van der Waals surface area contributed by atoms with E-state index in [1.165, 1.54) is 0 Å². The van der Waals surface area contributed by atoms with Crippen molar-refractivity contribution < 1.29 is 9.32 Å². The van der Waals surface area contributed by atoms with Crippen molar-refractivity contribution in [2.45, 2.75) is 46.2 Å². The van der Waals surface area contributed by atoms with E-state index < -0.39 is 0 Å². The molecule has 0 saturated carbocycles. The highest BCUT2D eigenvalue weighted by Crippen LogP contribution is 2.18. The van der Waals surface area contributed by atoms with Crippen molar-refractivity contribution in [3.05, 3.63) is 46.6 Å². The number of pyridine rings is 1. The lowest BCUT2D eigenvalue weighted by atomic mass is 10.0. The van der Waals surface area contributed by atoms with E-state index in [-0.39, 0.29) is 11.9 Å². The number of carbonyl (C=O) groups excluding carboxylic acids is 1. The van der Waals surface area contributed by atoms with Crippen molar-refractivity contribution in [3.63, 3.8) is 0 Å². The third-order valence-electron chi connectivity index (χ3n) is 4.58. The number of hydrogen-bond donors (Lipinski definition) is 1. The van der Waals surface area contributed by atoms with Gasteiger partial charge < -0.3 is 9.84 Å². The Labute approximate surface area is 142 Å². The summed E-state index contributed by atoms with van der Waals surface area (Å²) in [6.07, 6.45) is 3.71. The van der Waals surface area contributed by atoms with Crippen LogP contribution in [0.1, 0.15) is 45.9 Å². The molecule has 0 radical (unpaired) electrons. The van der Waals surface area contributed by atoms with E-state index in [0.717, 1.165) is 55.2 Å². The Morgan fingerprint density at radius 2 is 2.21 bits per heavy atom. The number of nitrogens with one attached hydrogen (secondary N) is 1. The van der Waals surface area contributed by atoms with Gasteiger partial charge in [-0.05, 0) is 52.3 Å². The van der Waals surface area contributed by atoms with Crippen LogP contribution in [0.25, 0.3) is 0 Å². The first-order valence-electron chi connectivity index (χ1n) is 8.40. The molecule has 24 heavy (non-hydrogen) atoms. The highest BCUT2D eigenvalue weighted by molar-refractivity contribution is 5.94. The SMILES string of the molecule is Cc1ccc(C(=O)NC2CCCN(Cc3c(C)noc3C)C2)cn1. The number of nitrogens with zero attached hydrogens (tertiary/aromatic N) is 3. The van der Waals surface area contributed by atoms with E-state index >= 15 is 0 Å². The van der Waals surface area contributed by atoms with E-state index in [1.54, 1.807) is 6.20 Å². The predicted molar refractivity (Wildman–Crippen MR) is 90.7 cm³/mol. The number of likely N-dealkylation sites (tertiary alicyclic amines) is 1. The summed E-state index contributed by atoms with van der Waals surface area (Å²) < 4.78 is 5.24. The maximum absolute atomic E-state index is 12.4. The molecule has 2 aromatic heterocycles. The Kier molecular flexibility index (Phi) is 4.94. The third kappa shape index (κ3) is 3.82. The van der Waals surface area contributed by atoms with E-state index in [9.17, 15) is 4.79 Å². The molecule has 3 rings (SSSR count). The zero-order chi connectivity index (χ0) is 17.1. The average Bonchev–Trinajstić information content (AvgIpc) is 2.88. The number of carbonyl (C=O) groups is 1. The smallest absolute Gasteiger partial charge is 0.253 e. The molecule has 1 amide bonds. The van der Waals surface area contributed by atoms with E-state index in [2.05, 4.69) is 20.4 Å². The summed E-state index contributed by atoms with van der Waals surface area (Å²) in [4.78, 5) is 18.9. The monoisotopic (exact) mass is 328 g/mol. The third-order valence-corrected chi connectivity index (χ3v) is 4.58. The minimum Gasteiger partial charge on any atom is -0.361 e. The quantitative estimate of drug-likeness (QED) is 0.933. The second kappa shape index (κ2) is 7.13. The van der Waals surface area contributed by atoms with Crippen LogP contribution in [-0.2, 0) is 6.54 Å². The molecule has 1 aliphatic rings. The van der Waals surface area contributed by atoms with Crippen LogP contribution < -0.4 is 5.32 Å². The van der Waals surface area contributed by atoms with Crippen molar-refractivity contribution in [3.8, 4) is 0 Å². The van der Waals surface area contributed by atoms with E-state index in [1.807, 2.05) is 32.9 Å². The van der Waals surface area contributed by atoms with Gasteiger partial charge in [-0.15, -0.1) is 0 Å². The van der Waals surface area contributed by atoms with Gasteiger partial charge in [-0.3, -0.25) is 14.7 Å². The molecule has 1 atom stereocenters. The Balaban J connectivity index is 1.59. The van der Waals surface area contributed by atoms with Crippen LogP contribution in [0, 0.1) is 20.8 Å². The van der Waals surface area contributed by atoms with Gasteiger partial charge in [-0.2, -0.15) is 0 Å².